The Hall–Kier alpha value is -2.77. The van der Waals surface area contributed by atoms with Crippen LogP contribution in [-0.2, 0) is 22.4 Å². The summed E-state index contributed by atoms with van der Waals surface area (Å²) in [6, 6.07) is 14.0. The largest absolute Gasteiger partial charge is 0.490 e. The summed E-state index contributed by atoms with van der Waals surface area (Å²) in [6.07, 6.45) is 7.29. The van der Waals surface area contributed by atoms with Gasteiger partial charge in [-0.2, -0.15) is 0 Å². The maximum Gasteiger partial charge on any atom is 0.139 e. The highest BCUT2D eigenvalue weighted by Crippen LogP contribution is 2.29. The van der Waals surface area contributed by atoms with Crippen molar-refractivity contribution >= 4 is 11.6 Å². The Morgan fingerprint density at radius 2 is 1.49 bits per heavy atom. The van der Waals surface area contributed by atoms with E-state index in [0.29, 0.717) is 43.1 Å². The first kappa shape index (κ1) is 33.1. The molecule has 0 amide bonds. The van der Waals surface area contributed by atoms with E-state index in [4.69, 9.17) is 9.47 Å². The summed E-state index contributed by atoms with van der Waals surface area (Å²) >= 11 is 0. The van der Waals surface area contributed by atoms with Gasteiger partial charge in [0.15, 0.2) is 0 Å². The number of rotatable bonds is 18. The second-order valence-corrected chi connectivity index (χ2v) is 13.1. The number of aryl methyl sites for hydroxylation is 1. The third-order valence-corrected chi connectivity index (χ3v) is 8.93. The van der Waals surface area contributed by atoms with Crippen LogP contribution in [0.25, 0.3) is 0 Å². The minimum atomic E-state index is -0.313. The molecule has 2 unspecified atom stereocenters. The lowest BCUT2D eigenvalue weighted by molar-refractivity contribution is -0.122. The molecule has 236 valence electrons. The van der Waals surface area contributed by atoms with Gasteiger partial charge in [-0.25, -0.2) is 4.39 Å². The van der Waals surface area contributed by atoms with Gasteiger partial charge >= 0.3 is 0 Å². The lowest BCUT2D eigenvalue weighted by Crippen LogP contribution is -2.49. The molecule has 2 saturated carbocycles. The van der Waals surface area contributed by atoms with Crippen molar-refractivity contribution in [1.82, 2.24) is 10.6 Å². The van der Waals surface area contributed by atoms with Gasteiger partial charge in [0.25, 0.3) is 0 Å². The third-order valence-electron chi connectivity index (χ3n) is 8.93. The predicted molar refractivity (Wildman–Crippen MR) is 169 cm³/mol. The average molecular weight is 595 g/mol. The van der Waals surface area contributed by atoms with Crippen molar-refractivity contribution in [2.45, 2.75) is 123 Å². The standard InChI is InChI=1S/C36H51FN2O4/c1-6-38-29-19-33(20-29)43-32-16-27(15-28(37)18-32)11-14-35(40)24(4)7-8-25(5)39-30-21-34(22-30)42-31-12-9-26(10-13-31)17-36(41)23(2)3/h9-10,12-13,15-16,18,23-25,29-30,33-34,38-39H,6-8,11,14,17,19-22H2,1-5H3. The first-order valence-corrected chi connectivity index (χ1v) is 16.3. The van der Waals surface area contributed by atoms with Gasteiger partial charge in [0.1, 0.15) is 41.1 Å². The number of hydrogen-bond acceptors (Lipinski definition) is 6. The van der Waals surface area contributed by atoms with Crippen LogP contribution in [0.1, 0.15) is 90.7 Å². The fraction of sp³-hybridized carbons (Fsp3) is 0.611. The third kappa shape index (κ3) is 10.4. The molecule has 0 radical (unpaired) electrons. The monoisotopic (exact) mass is 594 g/mol. The number of carbonyl (C=O) groups is 2. The van der Waals surface area contributed by atoms with Crippen LogP contribution in [0, 0.1) is 17.7 Å². The maximum absolute atomic E-state index is 14.2. The molecule has 0 aromatic heterocycles. The molecule has 4 rings (SSSR count). The van der Waals surface area contributed by atoms with Gasteiger partial charge in [0.2, 0.25) is 0 Å². The minimum Gasteiger partial charge on any atom is -0.490 e. The SMILES string of the molecule is CCNC1CC(Oc2cc(F)cc(CCC(=O)C(C)CCC(C)NC3CC(Oc4ccc(CC(=O)C(C)C)cc4)C3)c2)C1. The van der Waals surface area contributed by atoms with Crippen LogP contribution in [0.4, 0.5) is 4.39 Å². The molecule has 0 saturated heterocycles. The molecular formula is C36H51FN2O4. The zero-order valence-electron chi connectivity index (χ0n) is 26.7. The molecule has 2 aromatic rings. The molecule has 2 aliphatic rings. The second kappa shape index (κ2) is 15.8. The van der Waals surface area contributed by atoms with Crippen LogP contribution in [-0.4, -0.2) is 48.4 Å². The molecule has 7 heteroatoms. The summed E-state index contributed by atoms with van der Waals surface area (Å²) in [5.41, 5.74) is 1.84. The molecule has 0 bridgehead atoms. The van der Waals surface area contributed by atoms with E-state index in [1.54, 1.807) is 0 Å². The van der Waals surface area contributed by atoms with Gasteiger partial charge in [0, 0.05) is 48.9 Å². The summed E-state index contributed by atoms with van der Waals surface area (Å²) in [4.78, 5) is 24.8. The first-order chi connectivity index (χ1) is 20.6. The zero-order valence-corrected chi connectivity index (χ0v) is 26.7. The Bertz CT molecular complexity index is 1190. The molecule has 0 heterocycles. The number of benzene rings is 2. The molecule has 2 aliphatic carbocycles. The summed E-state index contributed by atoms with van der Waals surface area (Å²) in [7, 11) is 0. The lowest BCUT2D eigenvalue weighted by atomic mass is 9.87. The highest BCUT2D eigenvalue weighted by atomic mass is 19.1. The minimum absolute atomic E-state index is 0.0252. The van der Waals surface area contributed by atoms with Gasteiger partial charge in [-0.1, -0.05) is 39.8 Å². The number of ketones is 2. The van der Waals surface area contributed by atoms with Crippen LogP contribution >= 0.6 is 0 Å². The normalized spacial score (nSPS) is 22.8. The van der Waals surface area contributed by atoms with Crippen molar-refractivity contribution in [1.29, 1.82) is 0 Å². The van der Waals surface area contributed by atoms with Crippen molar-refractivity contribution in [2.75, 3.05) is 6.54 Å². The van der Waals surface area contributed by atoms with Crippen molar-refractivity contribution < 1.29 is 23.5 Å². The van der Waals surface area contributed by atoms with Crippen LogP contribution < -0.4 is 20.1 Å². The zero-order chi connectivity index (χ0) is 30.9. The molecule has 0 spiro atoms. The molecular weight excluding hydrogens is 543 g/mol. The fourth-order valence-corrected chi connectivity index (χ4v) is 5.88. The summed E-state index contributed by atoms with van der Waals surface area (Å²) in [5.74, 6) is 1.60. The van der Waals surface area contributed by atoms with Crippen LogP contribution in [0.3, 0.4) is 0 Å². The molecule has 2 N–H and O–H groups in total. The fourth-order valence-electron chi connectivity index (χ4n) is 5.88. The number of carbonyl (C=O) groups excluding carboxylic acids is 2. The Morgan fingerprint density at radius 3 is 2.14 bits per heavy atom. The van der Waals surface area contributed by atoms with E-state index in [9.17, 15) is 14.0 Å². The topological polar surface area (TPSA) is 76.7 Å². The number of nitrogens with one attached hydrogen (secondary N) is 2. The molecule has 2 fully saturated rings. The van der Waals surface area contributed by atoms with Crippen LogP contribution in [0.15, 0.2) is 42.5 Å². The Labute approximate surface area is 257 Å². The molecule has 43 heavy (non-hydrogen) atoms. The van der Waals surface area contributed by atoms with Crippen molar-refractivity contribution in [2.24, 2.45) is 11.8 Å². The Kier molecular flexibility index (Phi) is 12.2. The van der Waals surface area contributed by atoms with E-state index < -0.39 is 0 Å². The van der Waals surface area contributed by atoms with E-state index >= 15 is 0 Å². The maximum atomic E-state index is 14.2. The van der Waals surface area contributed by atoms with E-state index in [-0.39, 0.29) is 41.4 Å². The quantitative estimate of drug-likeness (QED) is 0.202. The average Bonchev–Trinajstić information content (AvgIpc) is 2.93. The van der Waals surface area contributed by atoms with Crippen LogP contribution in [0.2, 0.25) is 0 Å². The van der Waals surface area contributed by atoms with Gasteiger partial charge in [-0.05, 0) is 93.8 Å². The van der Waals surface area contributed by atoms with Crippen LogP contribution in [0.5, 0.6) is 11.5 Å². The number of hydrogen-bond donors (Lipinski definition) is 2. The Balaban J connectivity index is 1.10. The van der Waals surface area contributed by atoms with Crippen molar-refractivity contribution in [3.8, 4) is 11.5 Å². The van der Waals surface area contributed by atoms with E-state index in [1.165, 1.54) is 12.1 Å². The van der Waals surface area contributed by atoms with Crippen molar-refractivity contribution in [3.05, 3.63) is 59.4 Å². The molecule has 0 aliphatic heterocycles. The summed E-state index contributed by atoms with van der Waals surface area (Å²) < 4.78 is 26.3. The second-order valence-electron chi connectivity index (χ2n) is 13.1. The highest BCUT2D eigenvalue weighted by Gasteiger charge is 2.32. The summed E-state index contributed by atoms with van der Waals surface area (Å²) in [6.45, 7) is 11.1. The van der Waals surface area contributed by atoms with Crippen molar-refractivity contribution in [3.63, 3.8) is 0 Å². The molecule has 2 aromatic carbocycles. The van der Waals surface area contributed by atoms with E-state index in [2.05, 4.69) is 24.5 Å². The lowest BCUT2D eigenvalue weighted by Gasteiger charge is -2.38. The van der Waals surface area contributed by atoms with E-state index in [0.717, 1.165) is 61.9 Å². The highest BCUT2D eigenvalue weighted by molar-refractivity contribution is 5.82. The molecule has 6 nitrogen and oxygen atoms in total. The first-order valence-electron chi connectivity index (χ1n) is 16.3. The van der Waals surface area contributed by atoms with Gasteiger partial charge in [-0.15, -0.1) is 0 Å². The Morgan fingerprint density at radius 1 is 0.837 bits per heavy atom. The van der Waals surface area contributed by atoms with E-state index in [1.807, 2.05) is 51.1 Å². The number of Topliss-reactive ketones (excluding diaryl/α,β-unsaturated/α-hetero) is 2. The number of halogens is 1. The van der Waals surface area contributed by atoms with Gasteiger partial charge in [0.05, 0.1) is 0 Å². The molecule has 2 atom stereocenters. The number of ether oxygens (including phenoxy) is 2. The predicted octanol–water partition coefficient (Wildman–Crippen LogP) is 6.62. The van der Waals surface area contributed by atoms with Gasteiger partial charge in [-0.3, -0.25) is 9.59 Å². The smallest absolute Gasteiger partial charge is 0.139 e. The van der Waals surface area contributed by atoms with Gasteiger partial charge < -0.3 is 20.1 Å². The summed E-state index contributed by atoms with van der Waals surface area (Å²) in [5, 5.41) is 7.09.